The van der Waals surface area contributed by atoms with E-state index in [1.54, 1.807) is 24.3 Å². The molecule has 1 aromatic carbocycles. The van der Waals surface area contributed by atoms with E-state index in [1.165, 1.54) is 6.26 Å². The number of amides is 1. The molecule has 1 unspecified atom stereocenters. The fourth-order valence-corrected chi connectivity index (χ4v) is 2.56. The Hall–Kier alpha value is -1.24. The van der Waals surface area contributed by atoms with Gasteiger partial charge in [-0.25, -0.2) is 0 Å². The van der Waals surface area contributed by atoms with Crippen LogP contribution in [0.5, 0.6) is 0 Å². The van der Waals surface area contributed by atoms with E-state index >= 15 is 0 Å². The molecule has 1 amide bonds. The van der Waals surface area contributed by atoms with Crippen LogP contribution in [0.3, 0.4) is 0 Å². The molecule has 0 saturated heterocycles. The van der Waals surface area contributed by atoms with Crippen molar-refractivity contribution in [1.82, 2.24) is 0 Å². The van der Waals surface area contributed by atoms with Gasteiger partial charge in [0, 0.05) is 5.92 Å². The molecule has 1 aromatic rings. The first kappa shape index (κ1) is 12.2. The Morgan fingerprint density at radius 3 is 2.35 bits per heavy atom. The lowest BCUT2D eigenvalue weighted by Gasteiger charge is -2.06. The Bertz CT molecular complexity index is 508. The minimum atomic E-state index is -2.94. The quantitative estimate of drug-likeness (QED) is 0.676. The van der Waals surface area contributed by atoms with Gasteiger partial charge in [-0.2, -0.15) is 4.55 Å². The van der Waals surface area contributed by atoms with E-state index in [4.69, 9.17) is 11.5 Å². The molecule has 1 saturated carbocycles. The van der Waals surface area contributed by atoms with Gasteiger partial charge in [0.15, 0.2) is 4.90 Å². The number of carbonyl (C=O) groups excluding carboxylic acids is 1. The van der Waals surface area contributed by atoms with Crippen molar-refractivity contribution in [3.63, 3.8) is 0 Å². The summed E-state index contributed by atoms with van der Waals surface area (Å²) in [5.41, 5.74) is 10.9. The Kier molecular flexibility index (Phi) is 2.61. The third-order valence-electron chi connectivity index (χ3n) is 3.18. The van der Waals surface area contributed by atoms with E-state index in [2.05, 4.69) is 0 Å². The highest BCUT2D eigenvalue weighted by molar-refractivity contribution is 7.97. The standard InChI is InChI=1S/C11H14N2O3S/c1-17(15,16)8-4-2-7(3-5-8)9-6-11(9,13)10(12)14/h2-5,9H,6,13H2,1H3,(H2-,12,14,15,16)/p+1/t9-,11+/m1/s1. The fourth-order valence-electron chi connectivity index (χ4n) is 1.92. The Morgan fingerprint density at radius 2 is 2.00 bits per heavy atom. The molecule has 5 nitrogen and oxygen atoms in total. The van der Waals surface area contributed by atoms with Crippen LogP contribution in [0.1, 0.15) is 17.9 Å². The normalized spacial score (nSPS) is 30.6. The number of hydrogen-bond acceptors (Lipinski definition) is 3. The van der Waals surface area contributed by atoms with E-state index in [0.717, 1.165) is 5.56 Å². The van der Waals surface area contributed by atoms with E-state index < -0.39 is 21.7 Å². The van der Waals surface area contributed by atoms with Crippen LogP contribution in [0.2, 0.25) is 0 Å². The molecule has 0 aliphatic heterocycles. The topological polar surface area (TPSA) is 106 Å². The monoisotopic (exact) mass is 255 g/mol. The number of carbonyl (C=O) groups is 1. The number of primary amides is 1. The van der Waals surface area contributed by atoms with Gasteiger partial charge < -0.3 is 11.5 Å². The maximum Gasteiger partial charge on any atom is 0.244 e. The molecule has 0 radical (unpaired) electrons. The molecular formula is C11H15N2O3S+. The number of rotatable bonds is 3. The number of hydrogen-bond donors (Lipinski definition) is 3. The van der Waals surface area contributed by atoms with E-state index in [1.807, 2.05) is 0 Å². The number of benzene rings is 1. The van der Waals surface area contributed by atoms with Gasteiger partial charge in [0.05, 0.1) is 0 Å². The Balaban J connectivity index is 2.22. The van der Waals surface area contributed by atoms with Gasteiger partial charge in [0.25, 0.3) is 0 Å². The first-order valence-electron chi connectivity index (χ1n) is 5.15. The molecule has 1 aliphatic rings. The summed E-state index contributed by atoms with van der Waals surface area (Å²) in [7, 11) is -2.94. The molecule has 6 heteroatoms. The minimum Gasteiger partial charge on any atom is -0.368 e. The molecule has 17 heavy (non-hydrogen) atoms. The number of nitrogens with two attached hydrogens (primary N) is 2. The van der Waals surface area contributed by atoms with E-state index in [0.29, 0.717) is 11.3 Å². The molecule has 3 atom stereocenters. The molecule has 5 N–H and O–H groups in total. The molecule has 0 aromatic heterocycles. The molecule has 1 aliphatic carbocycles. The van der Waals surface area contributed by atoms with Crippen LogP contribution in [0.25, 0.3) is 0 Å². The van der Waals surface area contributed by atoms with Crippen LogP contribution >= 0.6 is 0 Å². The van der Waals surface area contributed by atoms with Crippen molar-refractivity contribution in [2.45, 2.75) is 22.8 Å². The first-order chi connectivity index (χ1) is 7.75. The van der Waals surface area contributed by atoms with Crippen molar-refractivity contribution in [2.24, 2.45) is 11.5 Å². The average molecular weight is 255 g/mol. The summed E-state index contributed by atoms with van der Waals surface area (Å²) in [5, 5.41) is 0. The van der Waals surface area contributed by atoms with Crippen molar-refractivity contribution in [1.29, 1.82) is 0 Å². The summed E-state index contributed by atoms with van der Waals surface area (Å²) in [6, 6.07) is 6.60. The van der Waals surface area contributed by atoms with Crippen LogP contribution in [0.4, 0.5) is 0 Å². The molecule has 1 fully saturated rings. The summed E-state index contributed by atoms with van der Waals surface area (Å²) in [4.78, 5) is 11.5. The van der Waals surface area contributed by atoms with Gasteiger partial charge in [0.2, 0.25) is 16.1 Å². The largest absolute Gasteiger partial charge is 0.368 e. The summed E-state index contributed by atoms with van der Waals surface area (Å²) >= 11 is 0. The highest BCUT2D eigenvalue weighted by Gasteiger charge is 2.56. The molecule has 0 heterocycles. The SMILES string of the molecule is C[S+](=O)(O)c1ccc([C@H]2C[C@@]2(N)C(N)=O)cc1. The van der Waals surface area contributed by atoms with E-state index in [-0.39, 0.29) is 5.92 Å². The Morgan fingerprint density at radius 1 is 1.47 bits per heavy atom. The van der Waals surface area contributed by atoms with Crippen LogP contribution in [0, 0.1) is 0 Å². The molecule has 0 bridgehead atoms. The molecule has 2 rings (SSSR count). The smallest absolute Gasteiger partial charge is 0.244 e. The summed E-state index contributed by atoms with van der Waals surface area (Å²) in [5.74, 6) is -0.589. The second-order valence-electron chi connectivity index (χ2n) is 4.53. The van der Waals surface area contributed by atoms with Crippen LogP contribution < -0.4 is 11.5 Å². The zero-order chi connectivity index (χ0) is 12.8. The summed E-state index contributed by atoms with van der Waals surface area (Å²) < 4.78 is 20.7. The highest BCUT2D eigenvalue weighted by atomic mass is 32.3. The highest BCUT2D eigenvalue weighted by Crippen LogP contribution is 2.49. The predicted molar refractivity (Wildman–Crippen MR) is 64.8 cm³/mol. The predicted octanol–water partition coefficient (Wildman–Crippen LogP) is 0.318. The lowest BCUT2D eigenvalue weighted by molar-refractivity contribution is -0.120. The first-order valence-corrected chi connectivity index (χ1v) is 7.08. The summed E-state index contributed by atoms with van der Waals surface area (Å²) in [6.45, 7) is 0. The third kappa shape index (κ3) is 2.11. The van der Waals surface area contributed by atoms with Gasteiger partial charge in [-0.05, 0) is 24.1 Å². The van der Waals surface area contributed by atoms with E-state index in [9.17, 15) is 13.6 Å². The zero-order valence-electron chi connectivity index (χ0n) is 9.42. The van der Waals surface area contributed by atoms with Gasteiger partial charge >= 0.3 is 0 Å². The van der Waals surface area contributed by atoms with Gasteiger partial charge in [-0.3, -0.25) is 4.79 Å². The average Bonchev–Trinajstić information content (AvgIpc) is 2.91. The van der Waals surface area contributed by atoms with Crippen molar-refractivity contribution >= 4 is 16.1 Å². The van der Waals surface area contributed by atoms with Gasteiger partial charge in [-0.1, -0.05) is 16.3 Å². The summed E-state index contributed by atoms with van der Waals surface area (Å²) in [6.07, 6.45) is 1.79. The minimum absolute atomic E-state index is 0.0827. The van der Waals surface area contributed by atoms with Gasteiger partial charge in [-0.15, -0.1) is 0 Å². The van der Waals surface area contributed by atoms with Crippen molar-refractivity contribution in [3.05, 3.63) is 29.8 Å². The molecule has 92 valence electrons. The molecular weight excluding hydrogens is 240 g/mol. The second-order valence-corrected chi connectivity index (χ2v) is 6.61. The van der Waals surface area contributed by atoms with Crippen molar-refractivity contribution in [3.8, 4) is 0 Å². The zero-order valence-corrected chi connectivity index (χ0v) is 10.2. The van der Waals surface area contributed by atoms with Crippen molar-refractivity contribution < 1.29 is 13.6 Å². The van der Waals surface area contributed by atoms with Crippen LogP contribution in [-0.4, -0.2) is 22.3 Å². The van der Waals surface area contributed by atoms with Crippen LogP contribution in [0.15, 0.2) is 29.2 Å². The Labute approximate surface area is 100 Å². The lowest BCUT2D eigenvalue weighted by atomic mass is 10.1. The fraction of sp³-hybridized carbons (Fsp3) is 0.364. The second kappa shape index (κ2) is 3.63. The van der Waals surface area contributed by atoms with Gasteiger partial charge in [0.1, 0.15) is 11.8 Å². The van der Waals surface area contributed by atoms with Crippen LogP contribution in [-0.2, 0) is 19.2 Å². The maximum absolute atomic E-state index is 11.4. The maximum atomic E-state index is 11.4. The molecule has 0 spiro atoms. The third-order valence-corrected chi connectivity index (χ3v) is 4.33. The lowest BCUT2D eigenvalue weighted by Crippen LogP contribution is -2.40. The van der Waals surface area contributed by atoms with Crippen molar-refractivity contribution in [2.75, 3.05) is 6.26 Å².